The minimum atomic E-state index is -0.0498. The van der Waals surface area contributed by atoms with Gasteiger partial charge >= 0.3 is 0 Å². The van der Waals surface area contributed by atoms with E-state index in [2.05, 4.69) is 0 Å². The van der Waals surface area contributed by atoms with Gasteiger partial charge in [-0.2, -0.15) is 0 Å². The summed E-state index contributed by atoms with van der Waals surface area (Å²) in [5.74, 6) is 0.182. The van der Waals surface area contributed by atoms with E-state index in [1.165, 1.54) is 0 Å². The molecule has 0 heterocycles. The lowest BCUT2D eigenvalue weighted by atomic mass is 9.96. The molecular formula is C10H15NO2. The molecule has 72 valence electrons. The van der Waals surface area contributed by atoms with Crippen LogP contribution >= 0.6 is 0 Å². The van der Waals surface area contributed by atoms with E-state index in [4.69, 9.17) is 10.8 Å². The minimum absolute atomic E-state index is 0.0226. The second kappa shape index (κ2) is 4.84. The van der Waals surface area contributed by atoms with Crippen LogP contribution in [0.4, 0.5) is 0 Å². The van der Waals surface area contributed by atoms with Gasteiger partial charge in [0, 0.05) is 5.92 Å². The Kier molecular flexibility index (Phi) is 3.73. The van der Waals surface area contributed by atoms with Gasteiger partial charge in [0.15, 0.2) is 0 Å². The Balaban J connectivity index is 2.84. The summed E-state index contributed by atoms with van der Waals surface area (Å²) in [4.78, 5) is 0. The molecule has 3 nitrogen and oxygen atoms in total. The molecule has 0 aliphatic heterocycles. The Morgan fingerprint density at radius 2 is 2.00 bits per heavy atom. The van der Waals surface area contributed by atoms with Gasteiger partial charge in [0.2, 0.25) is 0 Å². The first-order valence-electron chi connectivity index (χ1n) is 4.38. The van der Waals surface area contributed by atoms with Crippen molar-refractivity contribution < 1.29 is 10.2 Å². The second-order valence-corrected chi connectivity index (χ2v) is 3.02. The van der Waals surface area contributed by atoms with Crippen LogP contribution in [-0.4, -0.2) is 23.4 Å². The highest BCUT2D eigenvalue weighted by Crippen LogP contribution is 2.26. The van der Waals surface area contributed by atoms with Crippen molar-refractivity contribution in [1.29, 1.82) is 0 Å². The average Bonchev–Trinajstić information content (AvgIpc) is 2.16. The topological polar surface area (TPSA) is 66.5 Å². The summed E-state index contributed by atoms with van der Waals surface area (Å²) in [6.45, 7) is 0.536. The van der Waals surface area contributed by atoms with Crippen LogP contribution in [-0.2, 0) is 0 Å². The third kappa shape index (κ3) is 2.44. The van der Waals surface area contributed by atoms with Gasteiger partial charge in [-0.1, -0.05) is 18.2 Å². The Hall–Kier alpha value is -1.06. The number of aromatic hydroxyl groups is 1. The maximum Gasteiger partial charge on any atom is 0.119 e. The van der Waals surface area contributed by atoms with E-state index in [0.29, 0.717) is 13.0 Å². The number of para-hydroxylation sites is 1. The third-order valence-electron chi connectivity index (χ3n) is 2.11. The fourth-order valence-electron chi connectivity index (χ4n) is 1.38. The predicted octanol–water partition coefficient (Wildman–Crippen LogP) is 0.817. The largest absolute Gasteiger partial charge is 0.508 e. The molecule has 0 bridgehead atoms. The van der Waals surface area contributed by atoms with Gasteiger partial charge in [0.05, 0.1) is 6.61 Å². The summed E-state index contributed by atoms with van der Waals surface area (Å²) in [6, 6.07) is 7.03. The van der Waals surface area contributed by atoms with Gasteiger partial charge in [-0.15, -0.1) is 0 Å². The smallest absolute Gasteiger partial charge is 0.119 e. The molecule has 1 atom stereocenters. The first-order chi connectivity index (χ1) is 6.29. The molecule has 0 aliphatic carbocycles. The summed E-state index contributed by atoms with van der Waals surface area (Å²) >= 11 is 0. The SMILES string of the molecule is NCCC(CO)c1ccccc1O. The monoisotopic (exact) mass is 181 g/mol. The maximum absolute atomic E-state index is 9.49. The summed E-state index contributed by atoms with van der Waals surface area (Å²) in [6.07, 6.45) is 0.689. The van der Waals surface area contributed by atoms with Gasteiger partial charge in [0.25, 0.3) is 0 Å². The Morgan fingerprint density at radius 1 is 1.31 bits per heavy atom. The molecule has 4 N–H and O–H groups in total. The van der Waals surface area contributed by atoms with Gasteiger partial charge in [-0.25, -0.2) is 0 Å². The van der Waals surface area contributed by atoms with Crippen molar-refractivity contribution in [1.82, 2.24) is 0 Å². The van der Waals surface area contributed by atoms with Crippen LogP contribution in [0.25, 0.3) is 0 Å². The van der Waals surface area contributed by atoms with Crippen molar-refractivity contribution in [2.24, 2.45) is 5.73 Å². The van der Waals surface area contributed by atoms with Crippen LogP contribution in [0.3, 0.4) is 0 Å². The number of nitrogens with two attached hydrogens (primary N) is 1. The molecule has 0 aromatic heterocycles. The molecule has 1 unspecified atom stereocenters. The summed E-state index contributed by atoms with van der Waals surface area (Å²) in [5, 5.41) is 18.6. The lowest BCUT2D eigenvalue weighted by Crippen LogP contribution is -2.10. The molecule has 0 saturated heterocycles. The van der Waals surface area contributed by atoms with Gasteiger partial charge in [0.1, 0.15) is 5.75 Å². The van der Waals surface area contributed by atoms with Crippen molar-refractivity contribution >= 4 is 0 Å². The zero-order valence-corrected chi connectivity index (χ0v) is 7.48. The van der Waals surface area contributed by atoms with E-state index in [1.807, 2.05) is 12.1 Å². The minimum Gasteiger partial charge on any atom is -0.508 e. The predicted molar refractivity (Wildman–Crippen MR) is 51.6 cm³/mol. The lowest BCUT2D eigenvalue weighted by Gasteiger charge is -2.14. The molecule has 0 amide bonds. The number of hydrogen-bond donors (Lipinski definition) is 3. The number of aliphatic hydroxyl groups excluding tert-OH is 1. The number of benzene rings is 1. The second-order valence-electron chi connectivity index (χ2n) is 3.02. The zero-order chi connectivity index (χ0) is 9.68. The quantitative estimate of drug-likeness (QED) is 0.644. The van der Waals surface area contributed by atoms with Crippen LogP contribution in [0.5, 0.6) is 5.75 Å². The van der Waals surface area contributed by atoms with Gasteiger partial charge in [-0.05, 0) is 24.6 Å². The first-order valence-corrected chi connectivity index (χ1v) is 4.38. The normalized spacial score (nSPS) is 12.8. The molecule has 1 aromatic carbocycles. The highest BCUT2D eigenvalue weighted by molar-refractivity contribution is 5.34. The number of rotatable bonds is 4. The summed E-state index contributed by atoms with van der Waals surface area (Å²) in [7, 11) is 0. The fraction of sp³-hybridized carbons (Fsp3) is 0.400. The Labute approximate surface area is 77.8 Å². The number of phenols is 1. The number of phenolic OH excluding ortho intramolecular Hbond substituents is 1. The van der Waals surface area contributed by atoms with Gasteiger partial charge in [-0.3, -0.25) is 0 Å². The van der Waals surface area contributed by atoms with E-state index in [9.17, 15) is 5.11 Å². The van der Waals surface area contributed by atoms with Crippen molar-refractivity contribution in [3.05, 3.63) is 29.8 Å². The van der Waals surface area contributed by atoms with Crippen LogP contribution in [0, 0.1) is 0 Å². The summed E-state index contributed by atoms with van der Waals surface area (Å²) in [5.41, 5.74) is 6.17. The fourth-order valence-corrected chi connectivity index (χ4v) is 1.38. The van der Waals surface area contributed by atoms with Crippen molar-refractivity contribution in [3.63, 3.8) is 0 Å². The zero-order valence-electron chi connectivity index (χ0n) is 7.48. The number of aliphatic hydroxyl groups is 1. The molecular weight excluding hydrogens is 166 g/mol. The molecule has 0 aliphatic rings. The Bertz CT molecular complexity index is 263. The average molecular weight is 181 g/mol. The highest BCUT2D eigenvalue weighted by atomic mass is 16.3. The molecule has 3 heteroatoms. The van der Waals surface area contributed by atoms with Crippen LogP contribution < -0.4 is 5.73 Å². The molecule has 0 saturated carbocycles. The Morgan fingerprint density at radius 3 is 2.54 bits per heavy atom. The maximum atomic E-state index is 9.49. The molecule has 0 radical (unpaired) electrons. The van der Waals surface area contributed by atoms with Crippen LogP contribution in [0.2, 0.25) is 0 Å². The van der Waals surface area contributed by atoms with Crippen LogP contribution in [0.1, 0.15) is 17.9 Å². The van der Waals surface area contributed by atoms with E-state index < -0.39 is 0 Å². The third-order valence-corrected chi connectivity index (χ3v) is 2.11. The number of hydrogen-bond acceptors (Lipinski definition) is 3. The molecule has 0 fully saturated rings. The molecule has 1 rings (SSSR count). The highest BCUT2D eigenvalue weighted by Gasteiger charge is 2.12. The van der Waals surface area contributed by atoms with Crippen molar-refractivity contribution in [2.45, 2.75) is 12.3 Å². The molecule has 13 heavy (non-hydrogen) atoms. The molecule has 1 aromatic rings. The van der Waals surface area contributed by atoms with Crippen LogP contribution in [0.15, 0.2) is 24.3 Å². The van der Waals surface area contributed by atoms with Gasteiger partial charge < -0.3 is 15.9 Å². The van der Waals surface area contributed by atoms with Crippen molar-refractivity contribution in [3.8, 4) is 5.75 Å². The lowest BCUT2D eigenvalue weighted by molar-refractivity contribution is 0.257. The van der Waals surface area contributed by atoms with E-state index in [0.717, 1.165) is 5.56 Å². The standard InChI is InChI=1S/C10H15NO2/c11-6-5-8(7-12)9-3-1-2-4-10(9)13/h1-4,8,12-13H,5-7,11H2. The van der Waals surface area contributed by atoms with E-state index in [-0.39, 0.29) is 18.3 Å². The summed E-state index contributed by atoms with van der Waals surface area (Å²) < 4.78 is 0. The van der Waals surface area contributed by atoms with E-state index >= 15 is 0 Å². The molecule has 0 spiro atoms. The van der Waals surface area contributed by atoms with Crippen molar-refractivity contribution in [2.75, 3.05) is 13.2 Å². The van der Waals surface area contributed by atoms with E-state index in [1.54, 1.807) is 12.1 Å². The first kappa shape index (κ1) is 10.0.